The molecule has 0 saturated carbocycles. The summed E-state index contributed by atoms with van der Waals surface area (Å²) in [5.74, 6) is 0.00334. The second-order valence-corrected chi connectivity index (χ2v) is 5.58. The van der Waals surface area contributed by atoms with Crippen molar-refractivity contribution in [2.75, 3.05) is 27.2 Å². The van der Waals surface area contributed by atoms with Crippen LogP contribution in [0.2, 0.25) is 0 Å². The van der Waals surface area contributed by atoms with Crippen LogP contribution in [0.4, 0.5) is 0 Å². The van der Waals surface area contributed by atoms with E-state index in [2.05, 4.69) is 10.1 Å². The maximum atomic E-state index is 12.6. The first kappa shape index (κ1) is 15.3. The monoisotopic (exact) mass is 290 g/mol. The molecule has 114 valence electrons. The second kappa shape index (κ2) is 6.58. The van der Waals surface area contributed by atoms with Crippen molar-refractivity contribution >= 4 is 11.7 Å². The van der Waals surface area contributed by atoms with Gasteiger partial charge in [-0.1, -0.05) is 17.3 Å². The van der Waals surface area contributed by atoms with Crippen molar-refractivity contribution in [2.45, 2.75) is 18.9 Å². The highest BCUT2D eigenvalue weighted by Crippen LogP contribution is 2.17. The molecule has 1 aliphatic rings. The normalized spacial score (nSPS) is 19.9. The largest absolute Gasteiger partial charge is 0.409 e. The lowest BCUT2D eigenvalue weighted by atomic mass is 10.0. The molecule has 0 spiro atoms. The van der Waals surface area contributed by atoms with Gasteiger partial charge in [-0.2, -0.15) is 0 Å². The molecular weight excluding hydrogens is 268 g/mol. The third-order valence-electron chi connectivity index (χ3n) is 3.93. The van der Waals surface area contributed by atoms with Crippen LogP contribution in [0.25, 0.3) is 0 Å². The quantitative estimate of drug-likeness (QED) is 0.376. The molecule has 1 heterocycles. The number of piperidine rings is 1. The fraction of sp³-hybridized carbons (Fsp3) is 0.467. The number of rotatable bonds is 3. The third-order valence-corrected chi connectivity index (χ3v) is 3.93. The molecule has 1 saturated heterocycles. The van der Waals surface area contributed by atoms with Gasteiger partial charge in [0, 0.05) is 30.3 Å². The third kappa shape index (κ3) is 3.52. The first-order valence-electron chi connectivity index (χ1n) is 7.06. The summed E-state index contributed by atoms with van der Waals surface area (Å²) >= 11 is 0. The van der Waals surface area contributed by atoms with Crippen molar-refractivity contribution < 1.29 is 10.0 Å². The first-order chi connectivity index (χ1) is 10.0. The van der Waals surface area contributed by atoms with Gasteiger partial charge in [-0.3, -0.25) is 4.79 Å². The molecule has 6 nitrogen and oxygen atoms in total. The van der Waals surface area contributed by atoms with Crippen LogP contribution in [0.3, 0.4) is 0 Å². The molecule has 1 fully saturated rings. The van der Waals surface area contributed by atoms with Gasteiger partial charge in [-0.05, 0) is 39.1 Å². The second-order valence-electron chi connectivity index (χ2n) is 5.58. The van der Waals surface area contributed by atoms with Gasteiger partial charge in [0.1, 0.15) is 0 Å². The number of carbonyl (C=O) groups excluding carboxylic acids is 1. The Kier molecular flexibility index (Phi) is 4.80. The summed E-state index contributed by atoms with van der Waals surface area (Å²) in [6.45, 7) is 1.51. The fourth-order valence-electron chi connectivity index (χ4n) is 2.61. The predicted molar refractivity (Wildman–Crippen MR) is 81.6 cm³/mol. The molecule has 0 aliphatic carbocycles. The predicted octanol–water partition coefficient (Wildman–Crippen LogP) is 0.947. The number of oxime groups is 1. The molecule has 0 bridgehead atoms. The minimum absolute atomic E-state index is 0.00543. The molecule has 1 aromatic carbocycles. The standard InChI is InChI=1S/C15H22N4O2/c1-18(2)13-7-4-8-19(10-13)15(20)12-6-3-5-11(9-12)14(16)17-21/h3,5-6,9,13,21H,4,7-8,10H2,1-2H3,(H2,16,17). The zero-order chi connectivity index (χ0) is 15.4. The molecule has 1 atom stereocenters. The number of likely N-dealkylation sites (N-methyl/N-ethyl adjacent to an activating group) is 1. The first-order valence-corrected chi connectivity index (χ1v) is 7.06. The maximum Gasteiger partial charge on any atom is 0.253 e. The van der Waals surface area contributed by atoms with Gasteiger partial charge in [0.25, 0.3) is 5.91 Å². The van der Waals surface area contributed by atoms with Crippen LogP contribution >= 0.6 is 0 Å². The van der Waals surface area contributed by atoms with Crippen molar-refractivity contribution in [2.24, 2.45) is 10.9 Å². The van der Waals surface area contributed by atoms with E-state index in [9.17, 15) is 4.79 Å². The van der Waals surface area contributed by atoms with Crippen LogP contribution < -0.4 is 5.73 Å². The van der Waals surface area contributed by atoms with Crippen molar-refractivity contribution in [3.63, 3.8) is 0 Å². The zero-order valence-corrected chi connectivity index (χ0v) is 12.5. The van der Waals surface area contributed by atoms with Crippen LogP contribution in [-0.2, 0) is 0 Å². The number of amidine groups is 1. The van der Waals surface area contributed by atoms with E-state index in [1.807, 2.05) is 19.0 Å². The molecule has 3 N–H and O–H groups in total. The summed E-state index contributed by atoms with van der Waals surface area (Å²) < 4.78 is 0. The molecule has 1 aromatic rings. The lowest BCUT2D eigenvalue weighted by Gasteiger charge is -2.36. The Morgan fingerprint density at radius 2 is 2.14 bits per heavy atom. The minimum atomic E-state index is -0.00543. The fourth-order valence-corrected chi connectivity index (χ4v) is 2.61. The Hall–Kier alpha value is -2.08. The number of likely N-dealkylation sites (tertiary alicyclic amines) is 1. The molecule has 6 heteroatoms. The molecule has 21 heavy (non-hydrogen) atoms. The van der Waals surface area contributed by atoms with Crippen LogP contribution in [0, 0.1) is 0 Å². The Morgan fingerprint density at radius 3 is 2.81 bits per heavy atom. The van der Waals surface area contributed by atoms with Crippen molar-refractivity contribution in [3.8, 4) is 0 Å². The summed E-state index contributed by atoms with van der Waals surface area (Å²) in [5, 5.41) is 11.7. The SMILES string of the molecule is CN(C)C1CCCN(C(=O)c2cccc(C(N)=NO)c2)C1. The van der Waals surface area contributed by atoms with E-state index in [4.69, 9.17) is 10.9 Å². The zero-order valence-electron chi connectivity index (χ0n) is 12.5. The molecular formula is C15H22N4O2. The van der Waals surface area contributed by atoms with Crippen LogP contribution in [0.15, 0.2) is 29.4 Å². The molecule has 1 aliphatic heterocycles. The highest BCUT2D eigenvalue weighted by atomic mass is 16.4. The summed E-state index contributed by atoms with van der Waals surface area (Å²) in [6, 6.07) is 7.28. The average Bonchev–Trinajstić information content (AvgIpc) is 2.53. The summed E-state index contributed by atoms with van der Waals surface area (Å²) in [7, 11) is 4.08. The topological polar surface area (TPSA) is 82.2 Å². The van der Waals surface area contributed by atoms with E-state index in [1.54, 1.807) is 24.3 Å². The number of hydrogen-bond donors (Lipinski definition) is 2. The van der Waals surface area contributed by atoms with E-state index in [1.165, 1.54) is 0 Å². The van der Waals surface area contributed by atoms with Crippen molar-refractivity contribution in [1.82, 2.24) is 9.80 Å². The summed E-state index contributed by atoms with van der Waals surface area (Å²) in [6.07, 6.45) is 2.12. The Labute approximate surface area is 124 Å². The molecule has 0 radical (unpaired) electrons. The van der Waals surface area contributed by atoms with E-state index in [0.717, 1.165) is 25.9 Å². The van der Waals surface area contributed by atoms with Gasteiger partial charge in [-0.25, -0.2) is 0 Å². The number of amides is 1. The highest BCUT2D eigenvalue weighted by Gasteiger charge is 2.25. The summed E-state index contributed by atoms with van der Waals surface area (Å²) in [4.78, 5) is 16.6. The molecule has 1 amide bonds. The lowest BCUT2D eigenvalue weighted by Crippen LogP contribution is -2.47. The van der Waals surface area contributed by atoms with Gasteiger partial charge in [0.2, 0.25) is 0 Å². The Bertz CT molecular complexity index is 542. The number of benzene rings is 1. The average molecular weight is 290 g/mol. The van der Waals surface area contributed by atoms with E-state index in [-0.39, 0.29) is 11.7 Å². The molecule has 0 aromatic heterocycles. The lowest BCUT2D eigenvalue weighted by molar-refractivity contribution is 0.0635. The Balaban J connectivity index is 2.16. The number of nitrogens with two attached hydrogens (primary N) is 1. The van der Waals surface area contributed by atoms with Gasteiger partial charge in [0.15, 0.2) is 5.84 Å². The van der Waals surface area contributed by atoms with Gasteiger partial charge >= 0.3 is 0 Å². The van der Waals surface area contributed by atoms with Crippen molar-refractivity contribution in [1.29, 1.82) is 0 Å². The molecule has 2 rings (SSSR count). The van der Waals surface area contributed by atoms with Gasteiger partial charge < -0.3 is 20.7 Å². The molecule has 1 unspecified atom stereocenters. The van der Waals surface area contributed by atoms with Crippen molar-refractivity contribution in [3.05, 3.63) is 35.4 Å². The van der Waals surface area contributed by atoms with Gasteiger partial charge in [0.05, 0.1) is 0 Å². The van der Waals surface area contributed by atoms with E-state index >= 15 is 0 Å². The van der Waals surface area contributed by atoms with E-state index < -0.39 is 0 Å². The minimum Gasteiger partial charge on any atom is -0.409 e. The Morgan fingerprint density at radius 1 is 1.43 bits per heavy atom. The van der Waals surface area contributed by atoms with Crippen LogP contribution in [0.5, 0.6) is 0 Å². The summed E-state index contributed by atoms with van der Waals surface area (Å²) in [5.41, 5.74) is 6.69. The smallest absolute Gasteiger partial charge is 0.253 e. The van der Waals surface area contributed by atoms with Crippen LogP contribution in [0.1, 0.15) is 28.8 Å². The van der Waals surface area contributed by atoms with Gasteiger partial charge in [-0.15, -0.1) is 0 Å². The van der Waals surface area contributed by atoms with Crippen LogP contribution in [-0.4, -0.2) is 60.0 Å². The van der Waals surface area contributed by atoms with E-state index in [0.29, 0.717) is 17.2 Å². The highest BCUT2D eigenvalue weighted by molar-refractivity contribution is 6.01. The number of hydrogen-bond acceptors (Lipinski definition) is 4. The maximum absolute atomic E-state index is 12.6. The number of carbonyl (C=O) groups is 1. The number of nitrogens with zero attached hydrogens (tertiary/aromatic N) is 3.